The summed E-state index contributed by atoms with van der Waals surface area (Å²) in [7, 11) is 0. The molecule has 4 amide bonds. The molecule has 1 unspecified atom stereocenters. The second-order valence-electron chi connectivity index (χ2n) is 6.90. The molecule has 0 saturated carbocycles. The largest absolute Gasteiger partial charge is 0.350 e. The van der Waals surface area contributed by atoms with Gasteiger partial charge in [-0.25, -0.2) is 9.18 Å². The van der Waals surface area contributed by atoms with E-state index < -0.39 is 29.2 Å². The van der Waals surface area contributed by atoms with E-state index in [-0.39, 0.29) is 13.1 Å². The number of benzene rings is 2. The SMILES string of the molecule is O=C(CN1C(=O)NC2(CCc3ccccc32)C1=O)NCc1cc(F)ccc1Br. The van der Waals surface area contributed by atoms with Crippen LogP contribution in [0.3, 0.4) is 0 Å². The first-order valence-electron chi connectivity index (χ1n) is 8.84. The van der Waals surface area contributed by atoms with Crippen LogP contribution in [0.15, 0.2) is 46.9 Å². The standard InChI is InChI=1S/C20H17BrFN3O3/c21-16-6-5-14(22)9-13(16)10-23-17(26)11-25-18(27)20(24-19(25)28)8-7-12-3-1-2-4-15(12)20/h1-6,9H,7-8,10-11H2,(H,23,26)(H,24,28). The third-order valence-corrected chi connectivity index (χ3v) is 5.98. The van der Waals surface area contributed by atoms with E-state index in [1.807, 2.05) is 24.3 Å². The first-order valence-corrected chi connectivity index (χ1v) is 9.63. The number of carbonyl (C=O) groups excluding carboxylic acids is 3. The van der Waals surface area contributed by atoms with Crippen molar-refractivity contribution in [3.63, 3.8) is 0 Å². The molecule has 144 valence electrons. The third-order valence-electron chi connectivity index (χ3n) is 5.21. The van der Waals surface area contributed by atoms with Gasteiger partial charge in [-0.2, -0.15) is 0 Å². The highest BCUT2D eigenvalue weighted by Gasteiger charge is 2.55. The number of rotatable bonds is 4. The zero-order chi connectivity index (χ0) is 19.9. The van der Waals surface area contributed by atoms with Gasteiger partial charge in [-0.3, -0.25) is 14.5 Å². The van der Waals surface area contributed by atoms with Crippen molar-refractivity contribution in [3.05, 3.63) is 69.4 Å². The predicted octanol–water partition coefficient (Wildman–Crippen LogP) is 2.60. The molecule has 2 aliphatic rings. The highest BCUT2D eigenvalue weighted by atomic mass is 79.9. The molecule has 1 aliphatic heterocycles. The molecular formula is C20H17BrFN3O3. The fraction of sp³-hybridized carbons (Fsp3) is 0.250. The Labute approximate surface area is 169 Å². The predicted molar refractivity (Wildman–Crippen MR) is 103 cm³/mol. The van der Waals surface area contributed by atoms with Crippen molar-refractivity contribution in [2.75, 3.05) is 6.54 Å². The summed E-state index contributed by atoms with van der Waals surface area (Å²) < 4.78 is 14.0. The fourth-order valence-electron chi connectivity index (χ4n) is 3.81. The molecule has 4 rings (SSSR count). The number of urea groups is 1. The van der Waals surface area contributed by atoms with Crippen LogP contribution in [0.2, 0.25) is 0 Å². The number of nitrogens with one attached hydrogen (secondary N) is 2. The van der Waals surface area contributed by atoms with Crippen LogP contribution in [-0.4, -0.2) is 29.3 Å². The Morgan fingerprint density at radius 1 is 1.25 bits per heavy atom. The van der Waals surface area contributed by atoms with E-state index in [2.05, 4.69) is 26.6 Å². The summed E-state index contributed by atoms with van der Waals surface area (Å²) in [4.78, 5) is 38.7. The molecular weight excluding hydrogens is 429 g/mol. The Morgan fingerprint density at radius 2 is 2.04 bits per heavy atom. The molecule has 0 bridgehead atoms. The Hall–Kier alpha value is -2.74. The van der Waals surface area contributed by atoms with Crippen molar-refractivity contribution in [3.8, 4) is 0 Å². The Bertz CT molecular complexity index is 996. The van der Waals surface area contributed by atoms with Crippen LogP contribution in [0.5, 0.6) is 0 Å². The molecule has 1 aliphatic carbocycles. The summed E-state index contributed by atoms with van der Waals surface area (Å²) in [6, 6.07) is 11.1. The van der Waals surface area contributed by atoms with Crippen molar-refractivity contribution < 1.29 is 18.8 Å². The molecule has 1 saturated heterocycles. The lowest BCUT2D eigenvalue weighted by atomic mass is 9.92. The van der Waals surface area contributed by atoms with Crippen molar-refractivity contribution in [2.24, 2.45) is 0 Å². The second kappa shape index (κ2) is 7.01. The topological polar surface area (TPSA) is 78.5 Å². The number of amides is 4. The molecule has 1 spiro atoms. The maximum Gasteiger partial charge on any atom is 0.325 e. The minimum Gasteiger partial charge on any atom is -0.350 e. The first-order chi connectivity index (χ1) is 13.4. The fourth-order valence-corrected chi connectivity index (χ4v) is 4.19. The van der Waals surface area contributed by atoms with Crippen molar-refractivity contribution in [1.29, 1.82) is 0 Å². The summed E-state index contributed by atoms with van der Waals surface area (Å²) >= 11 is 3.30. The van der Waals surface area contributed by atoms with E-state index in [4.69, 9.17) is 0 Å². The van der Waals surface area contributed by atoms with Gasteiger partial charge in [-0.1, -0.05) is 40.2 Å². The second-order valence-corrected chi connectivity index (χ2v) is 7.75. The average Bonchev–Trinajstić information content (AvgIpc) is 3.16. The molecule has 28 heavy (non-hydrogen) atoms. The van der Waals surface area contributed by atoms with Crippen LogP contribution >= 0.6 is 15.9 Å². The lowest BCUT2D eigenvalue weighted by molar-refractivity contribution is -0.135. The number of fused-ring (bicyclic) bond motifs is 2. The van der Waals surface area contributed by atoms with E-state index in [0.29, 0.717) is 22.9 Å². The highest BCUT2D eigenvalue weighted by Crippen LogP contribution is 2.41. The van der Waals surface area contributed by atoms with E-state index in [1.54, 1.807) is 6.07 Å². The maximum atomic E-state index is 13.4. The number of carbonyl (C=O) groups is 3. The Kier molecular flexibility index (Phi) is 4.66. The van der Waals surface area contributed by atoms with E-state index >= 15 is 0 Å². The first kappa shape index (κ1) is 18.6. The van der Waals surface area contributed by atoms with Gasteiger partial charge in [-0.05, 0) is 47.7 Å². The molecule has 1 fully saturated rings. The van der Waals surface area contributed by atoms with Crippen LogP contribution in [0.25, 0.3) is 0 Å². The number of aryl methyl sites for hydroxylation is 1. The normalized spacial score (nSPS) is 20.4. The minimum atomic E-state index is -1.08. The number of halogens is 2. The average molecular weight is 446 g/mol. The minimum absolute atomic E-state index is 0.0782. The van der Waals surface area contributed by atoms with Crippen LogP contribution in [-0.2, 0) is 28.1 Å². The van der Waals surface area contributed by atoms with E-state index in [9.17, 15) is 18.8 Å². The van der Waals surface area contributed by atoms with Crippen LogP contribution < -0.4 is 10.6 Å². The summed E-state index contributed by atoms with van der Waals surface area (Å²) in [5, 5.41) is 5.41. The molecule has 2 N–H and O–H groups in total. The molecule has 0 radical (unpaired) electrons. The summed E-state index contributed by atoms with van der Waals surface area (Å²) in [5.74, 6) is -1.32. The van der Waals surface area contributed by atoms with Gasteiger partial charge in [0.15, 0.2) is 0 Å². The van der Waals surface area contributed by atoms with Crippen molar-refractivity contribution in [1.82, 2.24) is 15.5 Å². The molecule has 2 aromatic rings. The smallest absolute Gasteiger partial charge is 0.325 e. The molecule has 0 aromatic heterocycles. The quantitative estimate of drug-likeness (QED) is 0.709. The van der Waals surface area contributed by atoms with Gasteiger partial charge >= 0.3 is 6.03 Å². The van der Waals surface area contributed by atoms with Gasteiger partial charge in [0, 0.05) is 11.0 Å². The lowest BCUT2D eigenvalue weighted by Crippen LogP contribution is -2.43. The number of hydrogen-bond acceptors (Lipinski definition) is 3. The van der Waals surface area contributed by atoms with Crippen molar-refractivity contribution >= 4 is 33.8 Å². The van der Waals surface area contributed by atoms with E-state index in [0.717, 1.165) is 16.0 Å². The van der Waals surface area contributed by atoms with Crippen LogP contribution in [0.1, 0.15) is 23.1 Å². The van der Waals surface area contributed by atoms with Gasteiger partial charge in [0.2, 0.25) is 5.91 Å². The highest BCUT2D eigenvalue weighted by molar-refractivity contribution is 9.10. The number of imide groups is 1. The lowest BCUT2D eigenvalue weighted by Gasteiger charge is -2.22. The van der Waals surface area contributed by atoms with Gasteiger partial charge < -0.3 is 10.6 Å². The molecule has 6 nitrogen and oxygen atoms in total. The zero-order valence-corrected chi connectivity index (χ0v) is 16.4. The summed E-state index contributed by atoms with van der Waals surface area (Å²) in [6.07, 6.45) is 1.17. The van der Waals surface area contributed by atoms with Crippen molar-refractivity contribution in [2.45, 2.75) is 24.9 Å². The van der Waals surface area contributed by atoms with Gasteiger partial charge in [-0.15, -0.1) is 0 Å². The zero-order valence-electron chi connectivity index (χ0n) is 14.8. The number of hydrogen-bond donors (Lipinski definition) is 2. The monoisotopic (exact) mass is 445 g/mol. The maximum absolute atomic E-state index is 13.4. The van der Waals surface area contributed by atoms with Crippen LogP contribution in [0, 0.1) is 5.82 Å². The molecule has 8 heteroatoms. The van der Waals surface area contributed by atoms with Crippen LogP contribution in [0.4, 0.5) is 9.18 Å². The summed E-state index contributed by atoms with van der Waals surface area (Å²) in [6.45, 7) is -0.309. The third kappa shape index (κ3) is 3.07. The molecule has 1 heterocycles. The Morgan fingerprint density at radius 3 is 2.86 bits per heavy atom. The van der Waals surface area contributed by atoms with E-state index in [1.165, 1.54) is 12.1 Å². The Balaban J connectivity index is 1.45. The molecule has 2 aromatic carbocycles. The number of nitrogens with zero attached hydrogens (tertiary/aromatic N) is 1. The molecule has 1 atom stereocenters. The summed E-state index contributed by atoms with van der Waals surface area (Å²) in [5.41, 5.74) is 1.30. The van der Waals surface area contributed by atoms with Gasteiger partial charge in [0.1, 0.15) is 17.9 Å². The van der Waals surface area contributed by atoms with Gasteiger partial charge in [0.25, 0.3) is 5.91 Å². The van der Waals surface area contributed by atoms with Gasteiger partial charge in [0.05, 0.1) is 0 Å².